The Labute approximate surface area is 117 Å². The molecule has 0 aliphatic carbocycles. The van der Waals surface area contributed by atoms with Crippen LogP contribution in [0.25, 0.3) is 0 Å². The number of thioether (sulfide) groups is 1. The molecule has 1 N–H and O–H groups in total. The number of carboxylic acid groups (broad SMARTS) is 1. The maximum Gasteiger partial charge on any atom is 0.407 e. The number of hydrogen-bond acceptors (Lipinski definition) is 4. The molecule has 0 spiro atoms. The van der Waals surface area contributed by atoms with Gasteiger partial charge in [-0.05, 0) is 32.9 Å². The lowest BCUT2D eigenvalue weighted by molar-refractivity contribution is 0.105. The Hall–Kier alpha value is -1.74. The quantitative estimate of drug-likeness (QED) is 0.857. The van der Waals surface area contributed by atoms with E-state index in [1.165, 1.54) is 22.9 Å². The van der Waals surface area contributed by atoms with Gasteiger partial charge in [0.25, 0.3) is 0 Å². The number of nitrogens with zero attached hydrogens (tertiary/aromatic N) is 3. The molecule has 6 heteroatoms. The molecule has 0 saturated carbocycles. The summed E-state index contributed by atoms with van der Waals surface area (Å²) in [6, 6.07) is 5.48. The molecule has 0 fully saturated rings. The van der Waals surface area contributed by atoms with Gasteiger partial charge in [-0.3, -0.25) is 0 Å². The van der Waals surface area contributed by atoms with E-state index in [-0.39, 0.29) is 0 Å². The van der Waals surface area contributed by atoms with Gasteiger partial charge in [0, 0.05) is 24.0 Å². The molecular weight excluding hydrogens is 262 g/mol. The zero-order valence-electron chi connectivity index (χ0n) is 11.3. The van der Waals surface area contributed by atoms with Crippen molar-refractivity contribution in [2.24, 2.45) is 0 Å². The average Bonchev–Trinajstić information content (AvgIpc) is 2.33. The van der Waals surface area contributed by atoms with E-state index >= 15 is 0 Å². The van der Waals surface area contributed by atoms with Crippen molar-refractivity contribution < 1.29 is 9.90 Å². The molecule has 0 aromatic carbocycles. The minimum Gasteiger partial charge on any atom is -0.465 e. The summed E-state index contributed by atoms with van der Waals surface area (Å²) in [4.78, 5) is 16.7. The highest BCUT2D eigenvalue weighted by Gasteiger charge is 2.25. The van der Waals surface area contributed by atoms with E-state index in [2.05, 4.69) is 4.98 Å². The number of pyridine rings is 1. The van der Waals surface area contributed by atoms with Crippen LogP contribution in [0.1, 0.15) is 26.3 Å². The fourth-order valence-corrected chi connectivity index (χ4v) is 2.27. The molecule has 1 rings (SSSR count). The summed E-state index contributed by atoms with van der Waals surface area (Å²) in [5.74, 6) is 0.627. The van der Waals surface area contributed by atoms with E-state index in [1.807, 2.05) is 26.8 Å². The van der Waals surface area contributed by atoms with E-state index in [0.29, 0.717) is 17.9 Å². The van der Waals surface area contributed by atoms with E-state index in [0.717, 1.165) is 5.03 Å². The molecule has 1 amide bonds. The van der Waals surface area contributed by atoms with Crippen molar-refractivity contribution >= 4 is 17.9 Å². The van der Waals surface area contributed by atoms with Crippen LogP contribution in [-0.2, 0) is 0 Å². The molecule has 0 unspecified atom stereocenters. The molecule has 1 aromatic rings. The number of carbonyl (C=O) groups is 1. The van der Waals surface area contributed by atoms with Crippen LogP contribution in [0.5, 0.6) is 0 Å². The summed E-state index contributed by atoms with van der Waals surface area (Å²) in [6.45, 7) is 6.04. The average molecular weight is 279 g/mol. The first-order valence-corrected chi connectivity index (χ1v) is 6.82. The SMILES string of the molecule is CC(C)(C)N(CCSc1ccc(C#N)cn1)C(=O)O. The van der Waals surface area contributed by atoms with Gasteiger partial charge in [-0.15, -0.1) is 11.8 Å². The van der Waals surface area contributed by atoms with Gasteiger partial charge in [-0.1, -0.05) is 0 Å². The molecule has 0 atom stereocenters. The van der Waals surface area contributed by atoms with Crippen molar-refractivity contribution in [2.75, 3.05) is 12.3 Å². The molecule has 102 valence electrons. The van der Waals surface area contributed by atoms with Gasteiger partial charge in [-0.2, -0.15) is 5.26 Å². The van der Waals surface area contributed by atoms with Crippen molar-refractivity contribution in [1.29, 1.82) is 5.26 Å². The number of amides is 1. The Morgan fingerprint density at radius 3 is 2.63 bits per heavy atom. The first-order chi connectivity index (χ1) is 8.84. The minimum absolute atomic E-state index is 0.412. The maximum atomic E-state index is 11.1. The van der Waals surface area contributed by atoms with Gasteiger partial charge in [0.2, 0.25) is 0 Å². The Morgan fingerprint density at radius 1 is 1.53 bits per heavy atom. The fraction of sp³-hybridized carbons (Fsp3) is 0.462. The van der Waals surface area contributed by atoms with Crippen molar-refractivity contribution in [2.45, 2.75) is 31.3 Å². The van der Waals surface area contributed by atoms with E-state index in [4.69, 9.17) is 10.4 Å². The number of rotatable bonds is 4. The lowest BCUT2D eigenvalue weighted by atomic mass is 10.1. The van der Waals surface area contributed by atoms with E-state index < -0.39 is 11.6 Å². The van der Waals surface area contributed by atoms with Crippen LogP contribution in [0.2, 0.25) is 0 Å². The highest BCUT2D eigenvalue weighted by molar-refractivity contribution is 7.99. The molecule has 0 saturated heterocycles. The third kappa shape index (κ3) is 4.79. The van der Waals surface area contributed by atoms with Gasteiger partial charge in [0.15, 0.2) is 0 Å². The molecule has 0 aliphatic rings. The second kappa shape index (κ2) is 6.43. The Morgan fingerprint density at radius 2 is 2.21 bits per heavy atom. The van der Waals surface area contributed by atoms with Gasteiger partial charge in [-0.25, -0.2) is 9.78 Å². The summed E-state index contributed by atoms with van der Waals surface area (Å²) < 4.78 is 0. The Bertz CT molecular complexity index is 474. The monoisotopic (exact) mass is 279 g/mol. The predicted molar refractivity (Wildman–Crippen MR) is 74.2 cm³/mol. The van der Waals surface area contributed by atoms with Crippen molar-refractivity contribution in [3.05, 3.63) is 23.9 Å². The normalized spacial score (nSPS) is 10.8. The van der Waals surface area contributed by atoms with Crippen LogP contribution in [-0.4, -0.2) is 38.9 Å². The van der Waals surface area contributed by atoms with Crippen molar-refractivity contribution in [3.63, 3.8) is 0 Å². The standard InChI is InChI=1S/C13H17N3O2S/c1-13(2,3)16(12(17)18)6-7-19-11-5-4-10(8-14)9-15-11/h4-5,9H,6-7H2,1-3H3,(H,17,18). The summed E-state index contributed by atoms with van der Waals surface area (Å²) in [7, 11) is 0. The topological polar surface area (TPSA) is 77.2 Å². The Balaban J connectivity index is 2.53. The number of hydrogen-bond donors (Lipinski definition) is 1. The van der Waals surface area contributed by atoms with Crippen LogP contribution in [0.3, 0.4) is 0 Å². The second-order valence-corrected chi connectivity index (χ2v) is 6.07. The third-order valence-corrected chi connectivity index (χ3v) is 3.39. The summed E-state index contributed by atoms with van der Waals surface area (Å²) in [5, 5.41) is 18.6. The molecule has 5 nitrogen and oxygen atoms in total. The zero-order valence-corrected chi connectivity index (χ0v) is 12.1. The van der Waals surface area contributed by atoms with Gasteiger partial charge < -0.3 is 10.0 Å². The largest absolute Gasteiger partial charge is 0.465 e. The third-order valence-electron chi connectivity index (χ3n) is 2.47. The van der Waals surface area contributed by atoms with Crippen molar-refractivity contribution in [1.82, 2.24) is 9.88 Å². The van der Waals surface area contributed by atoms with Crippen LogP contribution in [0.15, 0.2) is 23.4 Å². The highest BCUT2D eigenvalue weighted by Crippen LogP contribution is 2.18. The first-order valence-electron chi connectivity index (χ1n) is 5.84. The smallest absolute Gasteiger partial charge is 0.407 e. The molecule has 19 heavy (non-hydrogen) atoms. The lowest BCUT2D eigenvalue weighted by Crippen LogP contribution is -2.46. The lowest BCUT2D eigenvalue weighted by Gasteiger charge is -2.32. The molecule has 1 heterocycles. The number of aromatic nitrogens is 1. The molecule has 0 aliphatic heterocycles. The molecule has 1 aromatic heterocycles. The van der Waals surface area contributed by atoms with Gasteiger partial charge in [0.05, 0.1) is 10.6 Å². The summed E-state index contributed by atoms with van der Waals surface area (Å²) >= 11 is 1.48. The first kappa shape index (κ1) is 15.3. The van der Waals surface area contributed by atoms with Gasteiger partial charge in [0.1, 0.15) is 6.07 Å². The van der Waals surface area contributed by atoms with E-state index in [1.54, 1.807) is 12.1 Å². The van der Waals surface area contributed by atoms with Crippen LogP contribution >= 0.6 is 11.8 Å². The second-order valence-electron chi connectivity index (χ2n) is 4.95. The molecule has 0 bridgehead atoms. The fourth-order valence-electron chi connectivity index (χ4n) is 1.49. The van der Waals surface area contributed by atoms with Gasteiger partial charge >= 0.3 is 6.09 Å². The Kier molecular flexibility index (Phi) is 5.19. The minimum atomic E-state index is -0.916. The summed E-state index contributed by atoms with van der Waals surface area (Å²) in [5.41, 5.74) is 0.107. The molecular formula is C13H17N3O2S. The number of nitriles is 1. The van der Waals surface area contributed by atoms with E-state index in [9.17, 15) is 4.79 Å². The zero-order chi connectivity index (χ0) is 14.5. The van der Waals surface area contributed by atoms with Crippen LogP contribution in [0.4, 0.5) is 4.79 Å². The van der Waals surface area contributed by atoms with Crippen molar-refractivity contribution in [3.8, 4) is 6.07 Å². The maximum absolute atomic E-state index is 11.1. The van der Waals surface area contributed by atoms with Crippen LogP contribution < -0.4 is 0 Å². The predicted octanol–water partition coefficient (Wildman–Crippen LogP) is 2.82. The molecule has 0 radical (unpaired) electrons. The van der Waals surface area contributed by atoms with Crippen LogP contribution in [0, 0.1) is 11.3 Å². The highest BCUT2D eigenvalue weighted by atomic mass is 32.2. The summed E-state index contributed by atoms with van der Waals surface area (Å²) in [6.07, 6.45) is 0.599.